The Morgan fingerprint density at radius 3 is 2.28 bits per heavy atom. The van der Waals surface area contributed by atoms with Gasteiger partial charge in [-0.15, -0.1) is 11.8 Å². The van der Waals surface area contributed by atoms with E-state index in [0.29, 0.717) is 0 Å². The highest BCUT2D eigenvalue weighted by atomic mass is 35.5. The summed E-state index contributed by atoms with van der Waals surface area (Å²) < 4.78 is 35.7. The first-order chi connectivity index (χ1) is 13.8. The van der Waals surface area contributed by atoms with Crippen LogP contribution in [0.3, 0.4) is 0 Å². The predicted octanol–water partition coefficient (Wildman–Crippen LogP) is 6.80. The molecule has 3 aromatic carbocycles. The van der Waals surface area contributed by atoms with E-state index in [2.05, 4.69) is 42.5 Å². The first kappa shape index (κ1) is 21.8. The molecule has 0 bridgehead atoms. The fourth-order valence-electron chi connectivity index (χ4n) is 3.07. The SMILES string of the molecule is FC(F)(F)c1cccc(Cl)c1.OC1Cc2ccc(SCc3ccccc3)cc2C1. The lowest BCUT2D eigenvalue weighted by Gasteiger charge is -2.05. The summed E-state index contributed by atoms with van der Waals surface area (Å²) in [7, 11) is 0. The van der Waals surface area contributed by atoms with Gasteiger partial charge >= 0.3 is 6.18 Å². The van der Waals surface area contributed by atoms with E-state index in [9.17, 15) is 18.3 Å². The second-order valence-corrected chi connectivity index (χ2v) is 8.26. The molecule has 1 aliphatic rings. The van der Waals surface area contributed by atoms with E-state index in [1.54, 1.807) is 0 Å². The molecule has 29 heavy (non-hydrogen) atoms. The minimum absolute atomic E-state index is 0.0971. The number of benzene rings is 3. The van der Waals surface area contributed by atoms with Gasteiger partial charge in [-0.1, -0.05) is 54.1 Å². The van der Waals surface area contributed by atoms with Gasteiger partial charge in [0, 0.05) is 15.7 Å². The van der Waals surface area contributed by atoms with Crippen molar-refractivity contribution in [3.63, 3.8) is 0 Å². The normalized spacial score (nSPS) is 15.4. The zero-order valence-electron chi connectivity index (χ0n) is 15.5. The Hall–Kier alpha value is -1.95. The van der Waals surface area contributed by atoms with Crippen molar-refractivity contribution in [2.45, 2.75) is 35.8 Å². The summed E-state index contributed by atoms with van der Waals surface area (Å²) in [6, 6.07) is 21.6. The minimum atomic E-state index is -4.30. The second kappa shape index (κ2) is 9.70. The smallest absolute Gasteiger partial charge is 0.392 e. The number of hydrogen-bond donors (Lipinski definition) is 1. The number of thioether (sulfide) groups is 1. The first-order valence-corrected chi connectivity index (χ1v) is 10.5. The summed E-state index contributed by atoms with van der Waals surface area (Å²) in [6.07, 6.45) is -2.84. The van der Waals surface area contributed by atoms with Gasteiger partial charge in [-0.3, -0.25) is 0 Å². The van der Waals surface area contributed by atoms with Crippen LogP contribution in [0.4, 0.5) is 13.2 Å². The van der Waals surface area contributed by atoms with Crippen LogP contribution in [0.1, 0.15) is 22.3 Å². The van der Waals surface area contributed by atoms with Gasteiger partial charge in [0.15, 0.2) is 0 Å². The highest BCUT2D eigenvalue weighted by molar-refractivity contribution is 7.98. The Morgan fingerprint density at radius 2 is 1.62 bits per heavy atom. The average Bonchev–Trinajstić information content (AvgIpc) is 3.06. The molecule has 4 rings (SSSR count). The van der Waals surface area contributed by atoms with Crippen LogP contribution in [0.2, 0.25) is 5.02 Å². The summed E-state index contributed by atoms with van der Waals surface area (Å²) in [4.78, 5) is 1.30. The molecule has 0 saturated heterocycles. The third-order valence-corrected chi connectivity index (χ3v) is 5.79. The Bertz CT molecular complexity index is 944. The number of fused-ring (bicyclic) bond motifs is 1. The molecule has 0 saturated carbocycles. The summed E-state index contributed by atoms with van der Waals surface area (Å²) >= 11 is 7.21. The lowest BCUT2D eigenvalue weighted by atomic mass is 10.1. The molecule has 0 spiro atoms. The monoisotopic (exact) mass is 436 g/mol. The van der Waals surface area contributed by atoms with Gasteiger partial charge in [0.2, 0.25) is 0 Å². The van der Waals surface area contributed by atoms with Gasteiger partial charge < -0.3 is 5.11 Å². The van der Waals surface area contributed by atoms with E-state index in [-0.39, 0.29) is 11.1 Å². The van der Waals surface area contributed by atoms with Crippen LogP contribution in [0.15, 0.2) is 77.7 Å². The summed E-state index contributed by atoms with van der Waals surface area (Å²) in [5.74, 6) is 1.00. The van der Waals surface area contributed by atoms with E-state index in [0.717, 1.165) is 30.7 Å². The molecule has 3 aromatic rings. The number of aliphatic hydroxyl groups is 1. The van der Waals surface area contributed by atoms with Crippen LogP contribution >= 0.6 is 23.4 Å². The van der Waals surface area contributed by atoms with Crippen LogP contribution in [-0.2, 0) is 24.8 Å². The fraction of sp³-hybridized carbons (Fsp3) is 0.217. The first-order valence-electron chi connectivity index (χ1n) is 9.10. The molecule has 1 aliphatic carbocycles. The maximum Gasteiger partial charge on any atom is 0.416 e. The van der Waals surface area contributed by atoms with Crippen LogP contribution in [0.5, 0.6) is 0 Å². The van der Waals surface area contributed by atoms with Crippen molar-refractivity contribution in [3.8, 4) is 0 Å². The van der Waals surface area contributed by atoms with Crippen molar-refractivity contribution < 1.29 is 18.3 Å². The van der Waals surface area contributed by atoms with E-state index in [1.165, 1.54) is 33.7 Å². The Labute approximate surface area is 177 Å². The van der Waals surface area contributed by atoms with Gasteiger partial charge in [-0.2, -0.15) is 13.2 Å². The third kappa shape index (κ3) is 6.53. The van der Waals surface area contributed by atoms with E-state index in [1.807, 2.05) is 17.8 Å². The standard InChI is InChI=1S/C16H16OS.C7H4ClF3/c17-15-8-13-6-7-16(10-14(13)9-15)18-11-12-4-2-1-3-5-12;8-6-3-1-2-5(4-6)7(9,10)11/h1-7,10,15,17H,8-9,11H2;1-4H. The molecule has 0 fully saturated rings. The molecule has 0 heterocycles. The highest BCUT2D eigenvalue weighted by Gasteiger charge is 2.30. The molecule has 6 heteroatoms. The molecular formula is C23H20ClF3OS. The zero-order chi connectivity index (χ0) is 20.9. The largest absolute Gasteiger partial charge is 0.416 e. The summed E-state index contributed by atoms with van der Waals surface area (Å²) in [5.41, 5.74) is 3.26. The fourth-order valence-corrected chi connectivity index (χ4v) is 4.17. The van der Waals surface area contributed by atoms with Gasteiger partial charge in [-0.05, 0) is 59.9 Å². The number of hydrogen-bond acceptors (Lipinski definition) is 2. The highest BCUT2D eigenvalue weighted by Crippen LogP contribution is 2.31. The van der Waals surface area contributed by atoms with Gasteiger partial charge in [0.25, 0.3) is 0 Å². The van der Waals surface area contributed by atoms with Crippen molar-refractivity contribution in [1.29, 1.82) is 0 Å². The number of aliphatic hydroxyl groups excluding tert-OH is 1. The molecule has 0 aromatic heterocycles. The van der Waals surface area contributed by atoms with Crippen LogP contribution in [-0.4, -0.2) is 11.2 Å². The van der Waals surface area contributed by atoms with E-state index in [4.69, 9.17) is 11.6 Å². The number of halogens is 4. The molecule has 0 aliphatic heterocycles. The van der Waals surface area contributed by atoms with Gasteiger partial charge in [0.05, 0.1) is 11.7 Å². The lowest BCUT2D eigenvalue weighted by molar-refractivity contribution is -0.137. The molecule has 1 nitrogen and oxygen atoms in total. The second-order valence-electron chi connectivity index (χ2n) is 6.77. The maximum atomic E-state index is 11.9. The van der Waals surface area contributed by atoms with Crippen LogP contribution in [0, 0.1) is 0 Å². The van der Waals surface area contributed by atoms with Gasteiger partial charge in [-0.25, -0.2) is 0 Å². The maximum absolute atomic E-state index is 11.9. The summed E-state index contributed by atoms with van der Waals surface area (Å²) in [6.45, 7) is 0. The molecular weight excluding hydrogens is 417 g/mol. The molecule has 0 radical (unpaired) electrons. The Kier molecular flexibility index (Phi) is 7.28. The Morgan fingerprint density at radius 1 is 0.897 bits per heavy atom. The topological polar surface area (TPSA) is 20.2 Å². The van der Waals surface area contributed by atoms with Crippen molar-refractivity contribution in [2.75, 3.05) is 0 Å². The summed E-state index contributed by atoms with van der Waals surface area (Å²) in [5, 5.41) is 9.74. The van der Waals surface area contributed by atoms with Crippen molar-refractivity contribution >= 4 is 23.4 Å². The van der Waals surface area contributed by atoms with Crippen LogP contribution in [0.25, 0.3) is 0 Å². The molecule has 1 unspecified atom stereocenters. The van der Waals surface area contributed by atoms with Crippen LogP contribution < -0.4 is 0 Å². The average molecular weight is 437 g/mol. The molecule has 1 atom stereocenters. The zero-order valence-corrected chi connectivity index (χ0v) is 17.1. The molecule has 152 valence electrons. The van der Waals surface area contributed by atoms with E-state index < -0.39 is 11.7 Å². The van der Waals surface area contributed by atoms with E-state index >= 15 is 0 Å². The molecule has 0 amide bonds. The van der Waals surface area contributed by atoms with Gasteiger partial charge in [0.1, 0.15) is 0 Å². The quantitative estimate of drug-likeness (QED) is 0.456. The number of alkyl halides is 3. The number of rotatable bonds is 3. The lowest BCUT2D eigenvalue weighted by Crippen LogP contribution is -2.03. The predicted molar refractivity (Wildman–Crippen MR) is 112 cm³/mol. The Balaban J connectivity index is 0.000000188. The van der Waals surface area contributed by atoms with Crippen molar-refractivity contribution in [1.82, 2.24) is 0 Å². The van der Waals surface area contributed by atoms with Crippen molar-refractivity contribution in [3.05, 3.63) is 100 Å². The van der Waals surface area contributed by atoms with Crippen molar-refractivity contribution in [2.24, 2.45) is 0 Å². The molecule has 1 N–H and O–H groups in total. The third-order valence-electron chi connectivity index (χ3n) is 4.49. The minimum Gasteiger partial charge on any atom is -0.392 e.